The monoisotopic (exact) mass is 463 g/mol. The Morgan fingerprint density at radius 1 is 0.882 bits per heavy atom. The van der Waals surface area contributed by atoms with Crippen molar-refractivity contribution in [2.24, 2.45) is 0 Å². The minimum atomic E-state index is -1.29. The minimum absolute atomic E-state index is 0.166. The Labute approximate surface area is 193 Å². The average molecular weight is 463 g/mol. The van der Waals surface area contributed by atoms with Gasteiger partial charge in [-0.05, 0) is 62.4 Å². The molecule has 172 valence electrons. The third kappa shape index (κ3) is 4.98. The zero-order chi connectivity index (χ0) is 24.2. The van der Waals surface area contributed by atoms with Crippen LogP contribution in [0.1, 0.15) is 22.8 Å². The molecular weight excluding hydrogens is 444 g/mol. The van der Waals surface area contributed by atoms with Crippen molar-refractivity contribution in [3.05, 3.63) is 89.5 Å². The first-order valence-electron chi connectivity index (χ1n) is 10.3. The number of ether oxygens (including phenoxy) is 1. The predicted molar refractivity (Wildman–Crippen MR) is 120 cm³/mol. The van der Waals surface area contributed by atoms with Crippen molar-refractivity contribution in [1.29, 1.82) is 0 Å². The lowest BCUT2D eigenvalue weighted by Crippen LogP contribution is -2.30. The Balaban J connectivity index is 1.40. The Morgan fingerprint density at radius 2 is 1.41 bits per heavy atom. The number of rotatable bonds is 6. The molecule has 3 aromatic carbocycles. The molecule has 1 aromatic heterocycles. The van der Waals surface area contributed by atoms with Crippen molar-refractivity contribution in [2.75, 3.05) is 5.32 Å². The Morgan fingerprint density at radius 3 is 1.97 bits per heavy atom. The molecule has 0 saturated carbocycles. The van der Waals surface area contributed by atoms with E-state index >= 15 is 0 Å². The van der Waals surface area contributed by atoms with E-state index in [4.69, 9.17) is 9.15 Å². The number of anilines is 1. The third-order valence-corrected chi connectivity index (χ3v) is 4.96. The van der Waals surface area contributed by atoms with Gasteiger partial charge < -0.3 is 14.5 Å². The molecule has 4 aromatic rings. The number of hydrogen-bond donors (Lipinski definition) is 1. The maximum atomic E-state index is 13.7. The van der Waals surface area contributed by atoms with E-state index in [-0.39, 0.29) is 11.5 Å². The summed E-state index contributed by atoms with van der Waals surface area (Å²) >= 11 is 0. The van der Waals surface area contributed by atoms with Gasteiger partial charge in [-0.1, -0.05) is 23.8 Å². The van der Waals surface area contributed by atoms with Gasteiger partial charge >= 0.3 is 5.97 Å². The first-order valence-corrected chi connectivity index (χ1v) is 10.3. The molecule has 1 atom stereocenters. The van der Waals surface area contributed by atoms with E-state index in [1.807, 2.05) is 31.2 Å². The SMILES string of the molecule is Cc1ccc(-c2nnc(-c3ccc(C(=O)OC(C)C(=O)Nc4c(F)cccc4F)cc3)o2)cc1. The zero-order valence-corrected chi connectivity index (χ0v) is 18.2. The lowest BCUT2D eigenvalue weighted by molar-refractivity contribution is -0.123. The zero-order valence-electron chi connectivity index (χ0n) is 18.2. The molecule has 1 amide bonds. The van der Waals surface area contributed by atoms with E-state index in [2.05, 4.69) is 15.5 Å². The van der Waals surface area contributed by atoms with Crippen molar-refractivity contribution in [3.63, 3.8) is 0 Å². The van der Waals surface area contributed by atoms with Crippen LogP contribution in [0.15, 0.2) is 71.1 Å². The first-order chi connectivity index (χ1) is 16.3. The summed E-state index contributed by atoms with van der Waals surface area (Å²) in [5, 5.41) is 10.2. The van der Waals surface area contributed by atoms with Crippen molar-refractivity contribution >= 4 is 17.6 Å². The van der Waals surface area contributed by atoms with Crippen LogP contribution in [0.3, 0.4) is 0 Å². The van der Waals surface area contributed by atoms with Gasteiger partial charge in [-0.3, -0.25) is 4.79 Å². The van der Waals surface area contributed by atoms with Crippen LogP contribution in [0.25, 0.3) is 22.9 Å². The summed E-state index contributed by atoms with van der Waals surface area (Å²) in [6.45, 7) is 3.27. The van der Waals surface area contributed by atoms with E-state index in [0.29, 0.717) is 11.5 Å². The van der Waals surface area contributed by atoms with Crippen LogP contribution < -0.4 is 5.32 Å². The highest BCUT2D eigenvalue weighted by Crippen LogP contribution is 2.25. The van der Waals surface area contributed by atoms with Crippen LogP contribution in [0.4, 0.5) is 14.5 Å². The van der Waals surface area contributed by atoms with Crippen molar-refractivity contribution in [2.45, 2.75) is 20.0 Å². The number of carbonyl (C=O) groups excluding carboxylic acids is 2. The third-order valence-electron chi connectivity index (χ3n) is 4.96. The summed E-state index contributed by atoms with van der Waals surface area (Å²) in [6, 6.07) is 17.0. The van der Waals surface area contributed by atoms with E-state index < -0.39 is 35.3 Å². The normalized spacial score (nSPS) is 11.6. The van der Waals surface area contributed by atoms with E-state index in [1.165, 1.54) is 25.1 Å². The molecule has 0 saturated heterocycles. The standard InChI is InChI=1S/C25H19F2N3O4/c1-14-6-8-16(9-7-14)23-29-30-24(34-23)17-10-12-18(13-11-17)25(32)33-15(2)22(31)28-21-19(26)4-3-5-20(21)27/h3-13,15H,1-2H3,(H,28,31). The molecule has 0 spiro atoms. The summed E-state index contributed by atoms with van der Waals surface area (Å²) < 4.78 is 38.3. The summed E-state index contributed by atoms with van der Waals surface area (Å²) in [5.41, 5.74) is 2.04. The van der Waals surface area contributed by atoms with E-state index in [1.54, 1.807) is 12.1 Å². The first kappa shape index (κ1) is 22.8. The highest BCUT2D eigenvalue weighted by molar-refractivity contribution is 5.97. The number of carbonyl (C=O) groups is 2. The molecule has 0 aliphatic heterocycles. The number of nitrogens with one attached hydrogen (secondary N) is 1. The molecule has 4 rings (SSSR count). The number of benzene rings is 3. The fraction of sp³-hybridized carbons (Fsp3) is 0.120. The summed E-state index contributed by atoms with van der Waals surface area (Å²) in [6.07, 6.45) is -1.29. The highest BCUT2D eigenvalue weighted by atomic mass is 19.1. The van der Waals surface area contributed by atoms with Crippen LogP contribution in [0, 0.1) is 18.6 Å². The topological polar surface area (TPSA) is 94.3 Å². The van der Waals surface area contributed by atoms with Crippen LogP contribution in [-0.4, -0.2) is 28.2 Å². The maximum Gasteiger partial charge on any atom is 0.338 e. The van der Waals surface area contributed by atoms with Gasteiger partial charge in [0.15, 0.2) is 6.10 Å². The van der Waals surface area contributed by atoms with Gasteiger partial charge in [-0.2, -0.15) is 0 Å². The quantitative estimate of drug-likeness (QED) is 0.396. The Bertz CT molecular complexity index is 1320. The second-order valence-electron chi connectivity index (χ2n) is 7.49. The van der Waals surface area contributed by atoms with Crippen molar-refractivity contribution < 1.29 is 27.5 Å². The number of esters is 1. The summed E-state index contributed by atoms with van der Waals surface area (Å²) in [7, 11) is 0. The number of nitrogens with zero attached hydrogens (tertiary/aromatic N) is 2. The molecule has 0 aliphatic carbocycles. The number of aromatic nitrogens is 2. The van der Waals surface area contributed by atoms with Gasteiger partial charge in [-0.15, -0.1) is 10.2 Å². The van der Waals surface area contributed by atoms with E-state index in [9.17, 15) is 18.4 Å². The second-order valence-corrected chi connectivity index (χ2v) is 7.49. The van der Waals surface area contributed by atoms with Gasteiger partial charge in [0, 0.05) is 11.1 Å². The molecule has 0 fully saturated rings. The number of aryl methyl sites for hydroxylation is 1. The van der Waals surface area contributed by atoms with Crippen LogP contribution in [-0.2, 0) is 9.53 Å². The molecule has 9 heteroatoms. The fourth-order valence-electron chi connectivity index (χ4n) is 3.03. The Kier molecular flexibility index (Phi) is 6.44. The highest BCUT2D eigenvalue weighted by Gasteiger charge is 2.22. The summed E-state index contributed by atoms with van der Waals surface area (Å²) in [5.74, 6) is -2.89. The molecule has 1 unspecified atom stereocenters. The molecule has 7 nitrogen and oxygen atoms in total. The maximum absolute atomic E-state index is 13.7. The van der Waals surface area contributed by atoms with Crippen LogP contribution >= 0.6 is 0 Å². The molecule has 0 radical (unpaired) electrons. The van der Waals surface area contributed by atoms with Gasteiger partial charge in [0.2, 0.25) is 11.8 Å². The number of para-hydroxylation sites is 1. The average Bonchev–Trinajstić information content (AvgIpc) is 3.32. The van der Waals surface area contributed by atoms with Crippen LogP contribution in [0.2, 0.25) is 0 Å². The molecule has 34 heavy (non-hydrogen) atoms. The number of halogens is 2. The van der Waals surface area contributed by atoms with Crippen LogP contribution in [0.5, 0.6) is 0 Å². The smallest absolute Gasteiger partial charge is 0.338 e. The Hall–Kier alpha value is -4.40. The van der Waals surface area contributed by atoms with Crippen molar-refractivity contribution in [1.82, 2.24) is 10.2 Å². The van der Waals surface area contributed by atoms with Gasteiger partial charge in [-0.25, -0.2) is 13.6 Å². The fourth-order valence-corrected chi connectivity index (χ4v) is 3.03. The molecule has 1 heterocycles. The predicted octanol–water partition coefficient (Wildman–Crippen LogP) is 5.17. The lowest BCUT2D eigenvalue weighted by Gasteiger charge is -2.14. The van der Waals surface area contributed by atoms with Gasteiger partial charge in [0.05, 0.1) is 5.56 Å². The second kappa shape index (κ2) is 9.62. The number of hydrogen-bond acceptors (Lipinski definition) is 6. The molecule has 0 bridgehead atoms. The molecule has 1 N–H and O–H groups in total. The van der Waals surface area contributed by atoms with E-state index in [0.717, 1.165) is 23.3 Å². The minimum Gasteiger partial charge on any atom is -0.449 e. The van der Waals surface area contributed by atoms with Gasteiger partial charge in [0.1, 0.15) is 17.3 Å². The number of amides is 1. The lowest BCUT2D eigenvalue weighted by atomic mass is 10.1. The molecule has 0 aliphatic rings. The largest absolute Gasteiger partial charge is 0.449 e. The van der Waals surface area contributed by atoms with Crippen molar-refractivity contribution in [3.8, 4) is 22.9 Å². The van der Waals surface area contributed by atoms with Gasteiger partial charge in [0.25, 0.3) is 5.91 Å². The molecular formula is C25H19F2N3O4. The summed E-state index contributed by atoms with van der Waals surface area (Å²) in [4.78, 5) is 24.6.